The van der Waals surface area contributed by atoms with Gasteiger partial charge in [-0.15, -0.1) is 0 Å². The van der Waals surface area contributed by atoms with Gasteiger partial charge < -0.3 is 9.47 Å². The molecule has 0 amide bonds. The van der Waals surface area contributed by atoms with E-state index < -0.39 is 0 Å². The lowest BCUT2D eigenvalue weighted by molar-refractivity contribution is -0.179. The van der Waals surface area contributed by atoms with E-state index in [2.05, 4.69) is 6.92 Å². The monoisotopic (exact) mass is 172 g/mol. The fourth-order valence-corrected chi connectivity index (χ4v) is 1.60. The van der Waals surface area contributed by atoms with E-state index in [4.69, 9.17) is 9.47 Å². The average Bonchev–Trinajstić information content (AvgIpc) is 1.99. The zero-order chi connectivity index (χ0) is 9.14. The second-order valence-electron chi connectivity index (χ2n) is 3.28. The number of esters is 1. The van der Waals surface area contributed by atoms with Crippen molar-refractivity contribution in [1.29, 1.82) is 0 Å². The maximum Gasteiger partial charge on any atom is 0.302 e. The van der Waals surface area contributed by atoms with Crippen molar-refractivity contribution in [2.75, 3.05) is 6.61 Å². The number of carbonyl (C=O) groups excluding carboxylic acids is 1. The van der Waals surface area contributed by atoms with Gasteiger partial charge in [0.2, 0.25) is 0 Å². The molecule has 0 aliphatic heterocycles. The SMILES string of the molecule is CCOC1C(C)CC1OC(C)=O. The standard InChI is InChI=1S/C9H16O3/c1-4-11-9-6(2)5-8(9)12-7(3)10/h6,8-9H,4-5H2,1-3H3. The number of hydrogen-bond acceptors (Lipinski definition) is 3. The first kappa shape index (κ1) is 9.52. The minimum absolute atomic E-state index is 0.00236. The molecule has 12 heavy (non-hydrogen) atoms. The lowest BCUT2D eigenvalue weighted by Crippen LogP contribution is -2.49. The Hall–Kier alpha value is -0.570. The molecule has 0 saturated heterocycles. The molecule has 0 heterocycles. The summed E-state index contributed by atoms with van der Waals surface area (Å²) in [5.41, 5.74) is 0. The van der Waals surface area contributed by atoms with E-state index in [1.807, 2.05) is 6.92 Å². The van der Waals surface area contributed by atoms with E-state index in [0.717, 1.165) is 6.42 Å². The Morgan fingerprint density at radius 2 is 2.25 bits per heavy atom. The lowest BCUT2D eigenvalue weighted by Gasteiger charge is -2.41. The molecule has 3 heteroatoms. The van der Waals surface area contributed by atoms with Gasteiger partial charge in [-0.25, -0.2) is 0 Å². The number of hydrogen-bond donors (Lipinski definition) is 0. The van der Waals surface area contributed by atoms with Gasteiger partial charge in [0.1, 0.15) is 6.10 Å². The minimum atomic E-state index is -0.211. The van der Waals surface area contributed by atoms with Crippen LogP contribution in [0.15, 0.2) is 0 Å². The van der Waals surface area contributed by atoms with E-state index in [-0.39, 0.29) is 18.2 Å². The topological polar surface area (TPSA) is 35.5 Å². The first-order chi connectivity index (χ1) is 5.65. The summed E-state index contributed by atoms with van der Waals surface area (Å²) in [4.78, 5) is 10.6. The molecule has 3 atom stereocenters. The summed E-state index contributed by atoms with van der Waals surface area (Å²) in [5.74, 6) is 0.311. The summed E-state index contributed by atoms with van der Waals surface area (Å²) in [5, 5.41) is 0. The van der Waals surface area contributed by atoms with Crippen molar-refractivity contribution in [2.24, 2.45) is 5.92 Å². The molecule has 3 nitrogen and oxygen atoms in total. The Labute approximate surface area is 73.0 Å². The first-order valence-corrected chi connectivity index (χ1v) is 4.44. The molecule has 1 aliphatic rings. The van der Waals surface area contributed by atoms with Crippen LogP contribution in [0.5, 0.6) is 0 Å². The highest BCUT2D eigenvalue weighted by atomic mass is 16.6. The summed E-state index contributed by atoms with van der Waals surface area (Å²) in [7, 11) is 0. The van der Waals surface area contributed by atoms with Crippen molar-refractivity contribution in [3.05, 3.63) is 0 Å². The van der Waals surface area contributed by atoms with Gasteiger partial charge >= 0.3 is 5.97 Å². The third kappa shape index (κ3) is 1.97. The van der Waals surface area contributed by atoms with Crippen molar-refractivity contribution in [1.82, 2.24) is 0 Å². The molecule has 1 saturated carbocycles. The minimum Gasteiger partial charge on any atom is -0.460 e. The van der Waals surface area contributed by atoms with Crippen LogP contribution in [0.4, 0.5) is 0 Å². The van der Waals surface area contributed by atoms with Crippen LogP contribution in [-0.2, 0) is 14.3 Å². The van der Waals surface area contributed by atoms with E-state index in [9.17, 15) is 4.79 Å². The molecule has 0 N–H and O–H groups in total. The Morgan fingerprint density at radius 3 is 2.67 bits per heavy atom. The Balaban J connectivity index is 2.32. The lowest BCUT2D eigenvalue weighted by atomic mass is 9.80. The smallest absolute Gasteiger partial charge is 0.302 e. The van der Waals surface area contributed by atoms with E-state index in [0.29, 0.717) is 12.5 Å². The van der Waals surface area contributed by atoms with Crippen LogP contribution in [0, 0.1) is 5.92 Å². The molecule has 0 spiro atoms. The maximum atomic E-state index is 10.6. The summed E-state index contributed by atoms with van der Waals surface area (Å²) in [6.45, 7) is 6.19. The zero-order valence-corrected chi connectivity index (χ0v) is 7.87. The highest BCUT2D eigenvalue weighted by Gasteiger charge is 2.41. The molecule has 0 radical (unpaired) electrons. The molecule has 0 aromatic carbocycles. The summed E-state index contributed by atoms with van der Waals surface area (Å²) < 4.78 is 10.5. The molecular weight excluding hydrogens is 156 g/mol. The van der Waals surface area contributed by atoms with Crippen LogP contribution < -0.4 is 0 Å². The Bertz CT molecular complexity index is 167. The van der Waals surface area contributed by atoms with E-state index in [1.165, 1.54) is 6.92 Å². The van der Waals surface area contributed by atoms with Crippen molar-refractivity contribution in [3.8, 4) is 0 Å². The van der Waals surface area contributed by atoms with Gasteiger partial charge in [-0.3, -0.25) is 4.79 Å². The molecule has 0 bridgehead atoms. The van der Waals surface area contributed by atoms with Crippen molar-refractivity contribution >= 4 is 5.97 Å². The normalized spacial score (nSPS) is 34.1. The van der Waals surface area contributed by atoms with Crippen LogP contribution in [0.1, 0.15) is 27.2 Å². The maximum absolute atomic E-state index is 10.6. The van der Waals surface area contributed by atoms with Crippen LogP contribution in [-0.4, -0.2) is 24.8 Å². The molecule has 1 aliphatic carbocycles. The van der Waals surface area contributed by atoms with Crippen molar-refractivity contribution in [2.45, 2.75) is 39.4 Å². The number of ether oxygens (including phenoxy) is 2. The predicted octanol–water partition coefficient (Wildman–Crippen LogP) is 1.36. The van der Waals surface area contributed by atoms with Gasteiger partial charge in [0, 0.05) is 13.5 Å². The van der Waals surface area contributed by atoms with Gasteiger partial charge in [0.05, 0.1) is 6.10 Å². The number of carbonyl (C=O) groups is 1. The molecule has 1 fully saturated rings. The highest BCUT2D eigenvalue weighted by molar-refractivity contribution is 5.66. The summed E-state index contributed by atoms with van der Waals surface area (Å²) in [6.07, 6.45) is 1.06. The van der Waals surface area contributed by atoms with Gasteiger partial charge in [-0.1, -0.05) is 6.92 Å². The van der Waals surface area contributed by atoms with E-state index >= 15 is 0 Å². The van der Waals surface area contributed by atoms with Crippen molar-refractivity contribution < 1.29 is 14.3 Å². The van der Waals surface area contributed by atoms with Crippen LogP contribution in [0.3, 0.4) is 0 Å². The first-order valence-electron chi connectivity index (χ1n) is 4.44. The molecule has 3 unspecified atom stereocenters. The van der Waals surface area contributed by atoms with Crippen LogP contribution in [0.25, 0.3) is 0 Å². The van der Waals surface area contributed by atoms with Crippen LogP contribution in [0.2, 0.25) is 0 Å². The second-order valence-corrected chi connectivity index (χ2v) is 3.28. The fraction of sp³-hybridized carbons (Fsp3) is 0.889. The Kier molecular flexibility index (Phi) is 3.09. The molecule has 0 aromatic heterocycles. The average molecular weight is 172 g/mol. The third-order valence-electron chi connectivity index (χ3n) is 2.21. The molecule has 1 rings (SSSR count). The fourth-order valence-electron chi connectivity index (χ4n) is 1.60. The molecular formula is C9H16O3. The third-order valence-corrected chi connectivity index (χ3v) is 2.21. The zero-order valence-electron chi connectivity index (χ0n) is 7.87. The predicted molar refractivity (Wildman–Crippen MR) is 44.7 cm³/mol. The summed E-state index contributed by atoms with van der Waals surface area (Å²) in [6, 6.07) is 0. The Morgan fingerprint density at radius 1 is 1.58 bits per heavy atom. The van der Waals surface area contributed by atoms with Gasteiger partial charge in [0.15, 0.2) is 0 Å². The summed E-state index contributed by atoms with van der Waals surface area (Å²) >= 11 is 0. The quantitative estimate of drug-likeness (QED) is 0.603. The number of rotatable bonds is 3. The molecule has 70 valence electrons. The van der Waals surface area contributed by atoms with E-state index in [1.54, 1.807) is 0 Å². The van der Waals surface area contributed by atoms with Gasteiger partial charge in [-0.2, -0.15) is 0 Å². The molecule has 0 aromatic rings. The van der Waals surface area contributed by atoms with Gasteiger partial charge in [-0.05, 0) is 19.3 Å². The second kappa shape index (κ2) is 3.90. The van der Waals surface area contributed by atoms with Crippen molar-refractivity contribution in [3.63, 3.8) is 0 Å². The van der Waals surface area contributed by atoms with Crippen LogP contribution >= 0.6 is 0 Å². The highest BCUT2D eigenvalue weighted by Crippen LogP contribution is 2.32. The van der Waals surface area contributed by atoms with Gasteiger partial charge in [0.25, 0.3) is 0 Å². The largest absolute Gasteiger partial charge is 0.460 e.